The average Bonchev–Trinajstić information content (AvgIpc) is 3.03. The molecule has 2 aliphatic rings. The molecule has 226 valence electrons. The number of ether oxygens (including phenoxy) is 1. The van der Waals surface area contributed by atoms with Gasteiger partial charge in [0, 0.05) is 51.0 Å². The standard InChI is InChI=1S/C27H41B5N4O7/c1-16-20(28)22(30)21(29)19(34-13-17-3-5-18(6-4-17)14-35-9-11-43-12-10-35)7-8-36(23(16)38)26(31,24(39)33-2)27(32,42)25(40,41)15-37/h3-7,15,34,40-42H,8-14,28-32H2,1-2H3,(H,33,39)/b19-7-,20-16-,22-21-. The van der Waals surface area contributed by atoms with Crippen LogP contribution in [0.25, 0.3) is 0 Å². The summed E-state index contributed by atoms with van der Waals surface area (Å²) in [7, 11) is 9.09. The molecule has 2 amide bonds. The molecule has 2 atom stereocenters. The first-order chi connectivity index (χ1) is 20.1. The number of nitrogens with one attached hydrogen (secondary N) is 2. The second-order valence-electron chi connectivity index (χ2n) is 11.7. The van der Waals surface area contributed by atoms with Gasteiger partial charge in [0.1, 0.15) is 34.5 Å². The number of nitrogens with zero attached hydrogens (tertiary/aromatic N) is 2. The first-order valence-corrected chi connectivity index (χ1v) is 14.5. The molecule has 0 bridgehead atoms. The second-order valence-corrected chi connectivity index (χ2v) is 11.7. The largest absolute Gasteiger partial charge is 0.391 e. The Hall–Kier alpha value is -3.03. The zero-order chi connectivity index (χ0) is 32.2. The number of aliphatic hydroxyl groups is 3. The molecule has 11 nitrogen and oxygen atoms in total. The maximum atomic E-state index is 13.9. The molecular formula is C27H41B5N4O7. The van der Waals surface area contributed by atoms with Crippen LogP contribution < -0.4 is 10.6 Å². The van der Waals surface area contributed by atoms with E-state index >= 15 is 0 Å². The van der Waals surface area contributed by atoms with Crippen LogP contribution in [0.4, 0.5) is 0 Å². The summed E-state index contributed by atoms with van der Waals surface area (Å²) >= 11 is 0. The molecule has 2 aliphatic heterocycles. The van der Waals surface area contributed by atoms with E-state index in [-0.39, 0.29) is 12.8 Å². The fraction of sp³-hybridized carbons (Fsp3) is 0.444. The Bertz CT molecular complexity index is 1330. The second kappa shape index (κ2) is 13.7. The van der Waals surface area contributed by atoms with E-state index in [1.54, 1.807) is 20.8 Å². The lowest BCUT2D eigenvalue weighted by atomic mass is 9.51. The van der Waals surface area contributed by atoms with Crippen LogP contribution in [0.1, 0.15) is 18.1 Å². The van der Waals surface area contributed by atoms with Gasteiger partial charge in [-0.1, -0.05) is 40.7 Å². The maximum Gasteiger partial charge on any atom is 0.249 e. The number of hydrogen-bond acceptors (Lipinski definition) is 9. The van der Waals surface area contributed by atoms with Crippen molar-refractivity contribution in [2.75, 3.05) is 39.9 Å². The van der Waals surface area contributed by atoms with Crippen molar-refractivity contribution >= 4 is 57.3 Å². The van der Waals surface area contributed by atoms with E-state index in [2.05, 4.69) is 39.8 Å². The van der Waals surface area contributed by atoms with Gasteiger partial charge in [-0.25, -0.2) is 0 Å². The van der Waals surface area contributed by atoms with Gasteiger partial charge in [-0.15, -0.1) is 0 Å². The number of rotatable bonds is 10. The minimum absolute atomic E-state index is 0.191. The molecule has 0 aliphatic carbocycles. The number of hydrogen-bond donors (Lipinski definition) is 5. The molecule has 2 heterocycles. The molecule has 1 saturated heterocycles. The highest BCUT2D eigenvalue weighted by Gasteiger charge is 2.63. The van der Waals surface area contributed by atoms with Crippen molar-refractivity contribution in [1.29, 1.82) is 0 Å². The van der Waals surface area contributed by atoms with E-state index < -0.39 is 28.5 Å². The van der Waals surface area contributed by atoms with Crippen molar-refractivity contribution in [2.45, 2.75) is 36.7 Å². The summed E-state index contributed by atoms with van der Waals surface area (Å²) in [5.41, 5.74) is 0.588. The van der Waals surface area contributed by atoms with Crippen LogP contribution in [-0.4, -0.2) is 139 Å². The van der Waals surface area contributed by atoms with Crippen LogP contribution in [0.2, 0.25) is 0 Å². The van der Waals surface area contributed by atoms with Crippen molar-refractivity contribution in [3.8, 4) is 0 Å². The Balaban J connectivity index is 1.98. The number of carbonyl (C=O) groups is 3. The predicted octanol–water partition coefficient (Wildman–Crippen LogP) is -6.00. The lowest BCUT2D eigenvalue weighted by molar-refractivity contribution is -0.241. The van der Waals surface area contributed by atoms with E-state index in [0.717, 1.165) is 62.1 Å². The summed E-state index contributed by atoms with van der Waals surface area (Å²) in [5, 5.41) is 38.2. The van der Waals surface area contributed by atoms with Gasteiger partial charge in [-0.3, -0.25) is 19.3 Å². The molecule has 1 fully saturated rings. The van der Waals surface area contributed by atoms with Gasteiger partial charge in [0.25, 0.3) is 0 Å². The van der Waals surface area contributed by atoms with Gasteiger partial charge in [-0.05, 0) is 24.1 Å². The summed E-state index contributed by atoms with van der Waals surface area (Å²) in [6.45, 7) is 6.09. The van der Waals surface area contributed by atoms with Crippen molar-refractivity contribution in [3.63, 3.8) is 0 Å². The summed E-state index contributed by atoms with van der Waals surface area (Å²) < 4.78 is 5.43. The van der Waals surface area contributed by atoms with Crippen LogP contribution in [0, 0.1) is 0 Å². The third-order valence-electron chi connectivity index (χ3n) is 9.19. The number of likely N-dealkylation sites (N-methyl/N-ethyl adjacent to an activating group) is 1. The maximum absolute atomic E-state index is 13.9. The molecule has 0 spiro atoms. The molecular weight excluding hydrogens is 546 g/mol. The Labute approximate surface area is 257 Å². The predicted molar refractivity (Wildman–Crippen MR) is 177 cm³/mol. The first kappa shape index (κ1) is 34.5. The van der Waals surface area contributed by atoms with Gasteiger partial charge < -0.3 is 35.6 Å². The van der Waals surface area contributed by atoms with Gasteiger partial charge in [0.2, 0.25) is 17.6 Å². The smallest absolute Gasteiger partial charge is 0.249 e. The number of amides is 2. The molecule has 1 aromatic carbocycles. The highest BCUT2D eigenvalue weighted by molar-refractivity contribution is 6.43. The van der Waals surface area contributed by atoms with E-state index in [1.807, 2.05) is 15.7 Å². The van der Waals surface area contributed by atoms with Crippen molar-refractivity contribution < 1.29 is 34.4 Å². The molecule has 3 rings (SSSR count). The molecule has 0 radical (unpaired) electrons. The number of allylic oxidation sites excluding steroid dienone is 3. The highest BCUT2D eigenvalue weighted by atomic mass is 16.5. The third-order valence-corrected chi connectivity index (χ3v) is 9.19. The van der Waals surface area contributed by atoms with Crippen molar-refractivity contribution in [2.24, 2.45) is 0 Å². The van der Waals surface area contributed by atoms with Crippen LogP contribution in [0.15, 0.2) is 58.0 Å². The summed E-state index contributed by atoms with van der Waals surface area (Å²) in [4.78, 5) is 42.4. The van der Waals surface area contributed by atoms with E-state index in [4.69, 9.17) is 4.74 Å². The molecule has 43 heavy (non-hydrogen) atoms. The minimum Gasteiger partial charge on any atom is -0.391 e. The molecule has 0 aromatic heterocycles. The molecule has 5 N–H and O–H groups in total. The topological polar surface area (TPSA) is 152 Å². The number of carbonyl (C=O) groups excluding carboxylic acids is 3. The zero-order valence-corrected chi connectivity index (χ0v) is 26.3. The Morgan fingerprint density at radius 1 is 1.02 bits per heavy atom. The Kier molecular flexibility index (Phi) is 11.0. The van der Waals surface area contributed by atoms with Crippen LogP contribution >= 0.6 is 0 Å². The Morgan fingerprint density at radius 3 is 2.16 bits per heavy atom. The van der Waals surface area contributed by atoms with Crippen molar-refractivity contribution in [3.05, 3.63) is 69.2 Å². The minimum atomic E-state index is -3.34. The molecule has 0 saturated carbocycles. The van der Waals surface area contributed by atoms with Gasteiger partial charge in [0.05, 0.1) is 13.2 Å². The van der Waals surface area contributed by atoms with Crippen molar-refractivity contribution in [1.82, 2.24) is 20.4 Å². The summed E-state index contributed by atoms with van der Waals surface area (Å²) in [6.07, 6.45) is 1.47. The first-order valence-electron chi connectivity index (χ1n) is 14.5. The zero-order valence-electron chi connectivity index (χ0n) is 26.3. The molecule has 16 heteroatoms. The monoisotopic (exact) mass is 588 g/mol. The lowest BCUT2D eigenvalue weighted by Crippen LogP contribution is -2.80. The highest BCUT2D eigenvalue weighted by Crippen LogP contribution is 2.34. The van der Waals surface area contributed by atoms with Crippen LogP contribution in [0.5, 0.6) is 0 Å². The normalized spacial score (nSPS) is 24.8. The lowest BCUT2D eigenvalue weighted by Gasteiger charge is -2.52. The molecule has 2 unspecified atom stereocenters. The van der Waals surface area contributed by atoms with Crippen LogP contribution in [-0.2, 0) is 32.2 Å². The van der Waals surface area contributed by atoms with Gasteiger partial charge in [0.15, 0.2) is 22.0 Å². The Morgan fingerprint density at radius 2 is 1.60 bits per heavy atom. The SMILES string of the molecule is BC1=C(B)/C(B)=C(\C)C(=O)N(C(B)(C(=O)NC)C(B)(O)C(O)(O)C=O)C\C=C\1NCc1ccc(CN2CCOCC2)cc1. The quantitative estimate of drug-likeness (QED) is 0.102. The van der Waals surface area contributed by atoms with Crippen LogP contribution in [0.3, 0.4) is 0 Å². The third kappa shape index (κ3) is 6.88. The van der Waals surface area contributed by atoms with E-state index in [1.165, 1.54) is 20.5 Å². The number of benzene rings is 1. The summed E-state index contributed by atoms with van der Waals surface area (Å²) in [5.74, 6) is -4.83. The fourth-order valence-corrected chi connectivity index (χ4v) is 5.44. The number of morpholine rings is 1. The average molecular weight is 588 g/mol. The van der Waals surface area contributed by atoms with Gasteiger partial charge >= 0.3 is 0 Å². The van der Waals surface area contributed by atoms with E-state index in [9.17, 15) is 29.7 Å². The number of aldehydes is 1. The van der Waals surface area contributed by atoms with E-state index in [0.29, 0.717) is 23.3 Å². The summed E-state index contributed by atoms with van der Waals surface area (Å²) in [6, 6.07) is 8.34. The fourth-order valence-electron chi connectivity index (χ4n) is 5.44. The van der Waals surface area contributed by atoms with Gasteiger partial charge in [-0.2, -0.15) is 0 Å². The molecule has 1 aromatic rings.